The summed E-state index contributed by atoms with van der Waals surface area (Å²) < 4.78 is 35.0. The van der Waals surface area contributed by atoms with Crippen molar-refractivity contribution in [2.45, 2.75) is 37.7 Å². The number of benzene rings is 1. The molecule has 9 nitrogen and oxygen atoms in total. The summed E-state index contributed by atoms with van der Waals surface area (Å²) in [5.74, 6) is 0.313. The zero-order chi connectivity index (χ0) is 20.0. The molecule has 0 bridgehead atoms. The van der Waals surface area contributed by atoms with Crippen molar-refractivity contribution in [3.63, 3.8) is 0 Å². The quantitative estimate of drug-likeness (QED) is 0.814. The van der Waals surface area contributed by atoms with Gasteiger partial charge in [0.15, 0.2) is 0 Å². The highest BCUT2D eigenvalue weighted by atomic mass is 32.2. The molecule has 0 saturated carbocycles. The summed E-state index contributed by atoms with van der Waals surface area (Å²) in [5.41, 5.74) is -0.201. The van der Waals surface area contributed by atoms with E-state index < -0.39 is 21.7 Å². The maximum atomic E-state index is 12.7. The van der Waals surface area contributed by atoms with Gasteiger partial charge in [-0.1, -0.05) is 0 Å². The number of nitrogens with zero attached hydrogens (tertiary/aromatic N) is 3. The van der Waals surface area contributed by atoms with Gasteiger partial charge in [-0.2, -0.15) is 8.42 Å². The number of amidine groups is 1. The Hall–Kier alpha value is -2.62. The molecule has 0 aliphatic carbocycles. The standard InChI is InChI=1S/C17H22N4O5S/c1-11(22)21-10-17(2,3)26-14-6-5-12(9-13(14)21)27(24,25)19-15-7-8-20(4)16(23)18-15/h5-6,9H,7-8,10H2,1-4H3,(H,18,19,23). The van der Waals surface area contributed by atoms with E-state index in [2.05, 4.69) is 9.71 Å². The van der Waals surface area contributed by atoms with E-state index in [9.17, 15) is 18.0 Å². The Labute approximate surface area is 158 Å². The van der Waals surface area contributed by atoms with E-state index in [1.54, 1.807) is 7.05 Å². The van der Waals surface area contributed by atoms with Crippen LogP contribution in [-0.2, 0) is 14.8 Å². The van der Waals surface area contributed by atoms with Gasteiger partial charge in [-0.15, -0.1) is 4.40 Å². The summed E-state index contributed by atoms with van der Waals surface area (Å²) >= 11 is 0. The predicted octanol–water partition coefficient (Wildman–Crippen LogP) is 1.34. The summed E-state index contributed by atoms with van der Waals surface area (Å²) in [6.45, 7) is 5.80. The zero-order valence-corrected chi connectivity index (χ0v) is 16.5. The van der Waals surface area contributed by atoms with E-state index in [-0.39, 0.29) is 16.6 Å². The van der Waals surface area contributed by atoms with Crippen LogP contribution in [0.4, 0.5) is 10.5 Å². The molecule has 3 amide bonds. The number of sulfonamides is 1. The van der Waals surface area contributed by atoms with Crippen LogP contribution in [0.3, 0.4) is 0 Å². The summed E-state index contributed by atoms with van der Waals surface area (Å²) in [6.07, 6.45) is 0.309. The van der Waals surface area contributed by atoms with Crippen LogP contribution in [0.2, 0.25) is 0 Å². The number of amides is 3. The third-order valence-corrected chi connectivity index (χ3v) is 5.65. The Balaban J connectivity index is 1.98. The smallest absolute Gasteiger partial charge is 0.322 e. The Morgan fingerprint density at radius 3 is 2.67 bits per heavy atom. The first-order valence-electron chi connectivity index (χ1n) is 8.46. The number of ether oxygens (including phenoxy) is 1. The molecule has 1 saturated heterocycles. The Morgan fingerprint density at radius 1 is 1.33 bits per heavy atom. The van der Waals surface area contributed by atoms with E-state index >= 15 is 0 Å². The van der Waals surface area contributed by atoms with Crippen LogP contribution in [0, 0.1) is 0 Å². The van der Waals surface area contributed by atoms with Gasteiger partial charge in [0.25, 0.3) is 10.0 Å². The summed E-state index contributed by atoms with van der Waals surface area (Å²) in [6, 6.07) is 3.88. The molecule has 0 atom stereocenters. The van der Waals surface area contributed by atoms with Gasteiger partial charge in [0, 0.05) is 26.9 Å². The topological polar surface area (TPSA) is 108 Å². The van der Waals surface area contributed by atoms with Crippen molar-refractivity contribution in [3.8, 4) is 5.75 Å². The number of fused-ring (bicyclic) bond motifs is 1. The third kappa shape index (κ3) is 3.90. The minimum atomic E-state index is -4.05. The summed E-state index contributed by atoms with van der Waals surface area (Å²) in [7, 11) is -2.44. The highest BCUT2D eigenvalue weighted by molar-refractivity contribution is 7.90. The highest BCUT2D eigenvalue weighted by Gasteiger charge is 2.34. The van der Waals surface area contributed by atoms with Gasteiger partial charge in [0.05, 0.1) is 17.1 Å². The van der Waals surface area contributed by atoms with E-state index in [4.69, 9.17) is 4.74 Å². The first kappa shape index (κ1) is 19.2. The number of anilines is 1. The van der Waals surface area contributed by atoms with Crippen molar-refractivity contribution >= 4 is 33.5 Å². The SMILES string of the molecule is CC(=O)N1CC(C)(C)Oc2ccc(S(=O)(=O)/N=C3\CCN(C)C(=O)N3)cc21. The number of carbonyl (C=O) groups excluding carboxylic acids is 2. The fourth-order valence-corrected chi connectivity index (χ4v) is 3.99. The summed E-state index contributed by atoms with van der Waals surface area (Å²) in [4.78, 5) is 26.6. The fraction of sp³-hybridized carbons (Fsp3) is 0.471. The maximum absolute atomic E-state index is 12.7. The number of hydrogen-bond donors (Lipinski definition) is 1. The van der Waals surface area contributed by atoms with Gasteiger partial charge in [-0.05, 0) is 32.0 Å². The van der Waals surface area contributed by atoms with E-state index in [1.807, 2.05) is 13.8 Å². The predicted molar refractivity (Wildman–Crippen MR) is 99.6 cm³/mol. The van der Waals surface area contributed by atoms with Gasteiger partial charge in [-0.25, -0.2) is 4.79 Å². The van der Waals surface area contributed by atoms with Gasteiger partial charge in [-0.3, -0.25) is 10.1 Å². The van der Waals surface area contributed by atoms with Gasteiger partial charge in [0.2, 0.25) is 5.91 Å². The monoisotopic (exact) mass is 394 g/mol. The molecule has 10 heteroatoms. The Bertz CT molecular complexity index is 939. The number of hydrogen-bond acceptors (Lipinski definition) is 5. The molecule has 1 aromatic carbocycles. The lowest BCUT2D eigenvalue weighted by molar-refractivity contribution is -0.117. The number of carbonyl (C=O) groups is 2. The first-order chi connectivity index (χ1) is 12.5. The van der Waals surface area contributed by atoms with Crippen molar-refractivity contribution in [1.29, 1.82) is 0 Å². The van der Waals surface area contributed by atoms with E-state index in [0.717, 1.165) is 0 Å². The van der Waals surface area contributed by atoms with Crippen molar-refractivity contribution in [2.75, 3.05) is 25.0 Å². The average Bonchev–Trinajstić information content (AvgIpc) is 2.56. The first-order valence-corrected chi connectivity index (χ1v) is 9.90. The summed E-state index contributed by atoms with van der Waals surface area (Å²) in [5, 5.41) is 2.46. The van der Waals surface area contributed by atoms with Crippen LogP contribution in [-0.4, -0.2) is 56.8 Å². The molecule has 1 N–H and O–H groups in total. The van der Waals surface area contributed by atoms with Crippen LogP contribution in [0.5, 0.6) is 5.75 Å². The number of nitrogens with one attached hydrogen (secondary N) is 1. The average molecular weight is 394 g/mol. The molecule has 1 aromatic rings. The molecule has 3 rings (SSSR count). The number of rotatable bonds is 2. The van der Waals surface area contributed by atoms with Crippen LogP contribution >= 0.6 is 0 Å². The number of urea groups is 1. The third-order valence-electron chi connectivity index (χ3n) is 4.34. The molecular formula is C17H22N4O5S. The molecule has 2 aliphatic heterocycles. The second-order valence-electron chi connectivity index (χ2n) is 7.21. The lowest BCUT2D eigenvalue weighted by atomic mass is 10.1. The molecule has 27 heavy (non-hydrogen) atoms. The highest BCUT2D eigenvalue weighted by Crippen LogP contribution is 2.38. The minimum Gasteiger partial charge on any atom is -0.484 e. The normalized spacial score (nSPS) is 20.7. The fourth-order valence-electron chi connectivity index (χ4n) is 2.95. The molecule has 1 fully saturated rings. The molecule has 0 spiro atoms. The Morgan fingerprint density at radius 2 is 2.04 bits per heavy atom. The molecule has 0 aromatic heterocycles. The minimum absolute atomic E-state index is 0.0727. The second-order valence-corrected chi connectivity index (χ2v) is 8.82. The lowest BCUT2D eigenvalue weighted by Crippen LogP contribution is -2.48. The van der Waals surface area contributed by atoms with Gasteiger partial charge >= 0.3 is 6.03 Å². The van der Waals surface area contributed by atoms with E-state index in [1.165, 1.54) is 34.9 Å². The second kappa shape index (κ2) is 6.52. The molecular weight excluding hydrogens is 372 g/mol. The maximum Gasteiger partial charge on any atom is 0.322 e. The van der Waals surface area contributed by atoms with Crippen LogP contribution in [0.25, 0.3) is 0 Å². The molecule has 146 valence electrons. The van der Waals surface area contributed by atoms with E-state index in [0.29, 0.717) is 30.9 Å². The zero-order valence-electron chi connectivity index (χ0n) is 15.6. The molecule has 0 radical (unpaired) electrons. The van der Waals surface area contributed by atoms with Crippen molar-refractivity contribution in [2.24, 2.45) is 4.40 Å². The molecule has 2 aliphatic rings. The largest absolute Gasteiger partial charge is 0.484 e. The van der Waals surface area contributed by atoms with Crippen molar-refractivity contribution < 1.29 is 22.7 Å². The van der Waals surface area contributed by atoms with Crippen LogP contribution in [0.15, 0.2) is 27.5 Å². The van der Waals surface area contributed by atoms with Crippen molar-refractivity contribution in [1.82, 2.24) is 10.2 Å². The van der Waals surface area contributed by atoms with Crippen LogP contribution < -0.4 is 15.0 Å². The lowest BCUT2D eigenvalue weighted by Gasteiger charge is -2.39. The van der Waals surface area contributed by atoms with Gasteiger partial charge < -0.3 is 14.5 Å². The molecule has 2 heterocycles. The molecule has 0 unspecified atom stereocenters. The van der Waals surface area contributed by atoms with Crippen LogP contribution in [0.1, 0.15) is 27.2 Å². The van der Waals surface area contributed by atoms with Gasteiger partial charge in [0.1, 0.15) is 17.2 Å². The Kier molecular flexibility index (Phi) is 4.62. The van der Waals surface area contributed by atoms with Crippen molar-refractivity contribution in [3.05, 3.63) is 18.2 Å².